The minimum absolute atomic E-state index is 0.454. The minimum atomic E-state index is 0.454. The van der Waals surface area contributed by atoms with Gasteiger partial charge in [-0.3, -0.25) is 0 Å². The van der Waals surface area contributed by atoms with Gasteiger partial charge >= 0.3 is 0 Å². The fraction of sp³-hybridized carbons (Fsp3) is 1.00. The standard InChI is InChI=1S/C17H36N2/c1-13(2)10-11-19(7)16-12-14(17(3,4)5)8-9-15(16)18-6/h13-16,18H,8-12H2,1-7H3. The van der Waals surface area contributed by atoms with Gasteiger partial charge in [0.2, 0.25) is 0 Å². The molecule has 3 atom stereocenters. The highest BCUT2D eigenvalue weighted by molar-refractivity contribution is 4.93. The lowest BCUT2D eigenvalue weighted by molar-refractivity contribution is 0.0725. The number of rotatable bonds is 5. The fourth-order valence-corrected chi connectivity index (χ4v) is 3.38. The first kappa shape index (κ1) is 17.0. The smallest absolute Gasteiger partial charge is 0.0249 e. The maximum atomic E-state index is 3.55. The third kappa shape index (κ3) is 5.07. The van der Waals surface area contributed by atoms with Crippen LogP contribution in [0.15, 0.2) is 0 Å². The first-order valence-electron chi connectivity index (χ1n) is 8.13. The monoisotopic (exact) mass is 268 g/mol. The van der Waals surface area contributed by atoms with Crippen molar-refractivity contribution in [3.63, 3.8) is 0 Å². The average molecular weight is 268 g/mol. The molecule has 1 aliphatic carbocycles. The lowest BCUT2D eigenvalue weighted by Crippen LogP contribution is -2.52. The molecular formula is C17H36N2. The molecule has 0 heterocycles. The Bertz CT molecular complexity index is 254. The Morgan fingerprint density at radius 2 is 1.84 bits per heavy atom. The molecule has 0 aromatic rings. The molecule has 2 heteroatoms. The van der Waals surface area contributed by atoms with Crippen molar-refractivity contribution in [3.8, 4) is 0 Å². The van der Waals surface area contributed by atoms with Crippen LogP contribution in [0.4, 0.5) is 0 Å². The molecule has 19 heavy (non-hydrogen) atoms. The van der Waals surface area contributed by atoms with Gasteiger partial charge in [0, 0.05) is 12.1 Å². The maximum absolute atomic E-state index is 3.55. The van der Waals surface area contributed by atoms with Crippen molar-refractivity contribution in [1.82, 2.24) is 10.2 Å². The van der Waals surface area contributed by atoms with Crippen molar-refractivity contribution >= 4 is 0 Å². The Morgan fingerprint density at radius 3 is 2.32 bits per heavy atom. The highest BCUT2D eigenvalue weighted by atomic mass is 15.2. The van der Waals surface area contributed by atoms with Gasteiger partial charge in [-0.2, -0.15) is 0 Å². The van der Waals surface area contributed by atoms with Gasteiger partial charge in [0.1, 0.15) is 0 Å². The van der Waals surface area contributed by atoms with Crippen molar-refractivity contribution < 1.29 is 0 Å². The summed E-state index contributed by atoms with van der Waals surface area (Å²) in [6.45, 7) is 13.1. The minimum Gasteiger partial charge on any atom is -0.315 e. The second kappa shape index (κ2) is 7.08. The van der Waals surface area contributed by atoms with E-state index in [1.807, 2.05) is 0 Å². The molecular weight excluding hydrogens is 232 g/mol. The van der Waals surface area contributed by atoms with E-state index in [1.54, 1.807) is 0 Å². The first-order valence-corrected chi connectivity index (χ1v) is 8.13. The average Bonchev–Trinajstić information content (AvgIpc) is 2.33. The molecule has 0 bridgehead atoms. The van der Waals surface area contributed by atoms with Crippen molar-refractivity contribution in [2.45, 2.75) is 72.4 Å². The van der Waals surface area contributed by atoms with Crippen LogP contribution in [0.2, 0.25) is 0 Å². The summed E-state index contributed by atoms with van der Waals surface area (Å²) in [7, 11) is 4.45. The summed E-state index contributed by atoms with van der Waals surface area (Å²) in [6.07, 6.45) is 5.37. The molecule has 1 saturated carbocycles. The zero-order chi connectivity index (χ0) is 14.6. The third-order valence-corrected chi connectivity index (χ3v) is 5.04. The highest BCUT2D eigenvalue weighted by Gasteiger charge is 2.36. The second-order valence-electron chi connectivity index (χ2n) is 8.00. The number of hydrogen-bond acceptors (Lipinski definition) is 2. The quantitative estimate of drug-likeness (QED) is 0.816. The number of likely N-dealkylation sites (N-methyl/N-ethyl adjacent to an activating group) is 2. The summed E-state index contributed by atoms with van der Waals surface area (Å²) < 4.78 is 0. The molecule has 3 unspecified atom stereocenters. The molecule has 2 nitrogen and oxygen atoms in total. The van der Waals surface area contributed by atoms with E-state index in [4.69, 9.17) is 0 Å². The Balaban J connectivity index is 2.64. The Labute approximate surface area is 121 Å². The topological polar surface area (TPSA) is 15.3 Å². The van der Waals surface area contributed by atoms with E-state index in [-0.39, 0.29) is 0 Å². The molecule has 0 saturated heterocycles. The van der Waals surface area contributed by atoms with Gasteiger partial charge in [-0.05, 0) is 63.6 Å². The third-order valence-electron chi connectivity index (χ3n) is 5.04. The lowest BCUT2D eigenvalue weighted by Gasteiger charge is -2.45. The molecule has 1 N–H and O–H groups in total. The summed E-state index contributed by atoms with van der Waals surface area (Å²) in [6, 6.07) is 1.39. The van der Waals surface area contributed by atoms with E-state index in [0.29, 0.717) is 17.5 Å². The molecule has 1 aliphatic rings. The molecule has 0 amide bonds. The summed E-state index contributed by atoms with van der Waals surface area (Å²) in [5, 5.41) is 3.55. The van der Waals surface area contributed by atoms with Crippen molar-refractivity contribution in [2.24, 2.45) is 17.3 Å². The Hall–Kier alpha value is -0.0800. The molecule has 0 aromatic carbocycles. The molecule has 114 valence electrons. The van der Waals surface area contributed by atoms with Gasteiger partial charge in [0.15, 0.2) is 0 Å². The number of nitrogens with zero attached hydrogens (tertiary/aromatic N) is 1. The van der Waals surface area contributed by atoms with Crippen LogP contribution < -0.4 is 5.32 Å². The Kier molecular flexibility index (Phi) is 6.32. The molecule has 1 fully saturated rings. The number of nitrogens with one attached hydrogen (secondary N) is 1. The van der Waals surface area contributed by atoms with E-state index < -0.39 is 0 Å². The normalized spacial score (nSPS) is 29.2. The van der Waals surface area contributed by atoms with Crippen LogP contribution in [0.25, 0.3) is 0 Å². The van der Waals surface area contributed by atoms with Gasteiger partial charge in [-0.25, -0.2) is 0 Å². The van der Waals surface area contributed by atoms with Crippen LogP contribution >= 0.6 is 0 Å². The van der Waals surface area contributed by atoms with Crippen LogP contribution in [0.3, 0.4) is 0 Å². The van der Waals surface area contributed by atoms with E-state index in [2.05, 4.69) is 58.9 Å². The van der Waals surface area contributed by atoms with Crippen LogP contribution in [-0.2, 0) is 0 Å². The largest absolute Gasteiger partial charge is 0.315 e. The summed E-state index contributed by atoms with van der Waals surface area (Å²) in [5.74, 6) is 1.67. The van der Waals surface area contributed by atoms with Gasteiger partial charge in [-0.1, -0.05) is 34.6 Å². The molecule has 0 aliphatic heterocycles. The SMILES string of the molecule is CNC1CCC(C(C)(C)C)CC1N(C)CCC(C)C. The van der Waals surface area contributed by atoms with E-state index in [1.165, 1.54) is 32.2 Å². The van der Waals surface area contributed by atoms with Crippen LogP contribution in [-0.4, -0.2) is 37.6 Å². The maximum Gasteiger partial charge on any atom is 0.0249 e. The molecule has 0 spiro atoms. The van der Waals surface area contributed by atoms with Gasteiger partial charge < -0.3 is 10.2 Å². The predicted octanol–water partition coefficient (Wildman–Crippen LogP) is 3.77. The van der Waals surface area contributed by atoms with Crippen molar-refractivity contribution in [3.05, 3.63) is 0 Å². The predicted molar refractivity (Wildman–Crippen MR) is 85.5 cm³/mol. The summed E-state index contributed by atoms with van der Waals surface area (Å²) >= 11 is 0. The van der Waals surface area contributed by atoms with Gasteiger partial charge in [0.05, 0.1) is 0 Å². The van der Waals surface area contributed by atoms with Gasteiger partial charge in [-0.15, -0.1) is 0 Å². The van der Waals surface area contributed by atoms with Crippen molar-refractivity contribution in [1.29, 1.82) is 0 Å². The van der Waals surface area contributed by atoms with E-state index in [0.717, 1.165) is 11.8 Å². The van der Waals surface area contributed by atoms with Crippen LogP contribution in [0, 0.1) is 17.3 Å². The summed E-state index contributed by atoms with van der Waals surface area (Å²) in [5.41, 5.74) is 0.454. The second-order valence-corrected chi connectivity index (χ2v) is 8.00. The summed E-state index contributed by atoms with van der Waals surface area (Å²) in [4.78, 5) is 2.61. The Morgan fingerprint density at radius 1 is 1.21 bits per heavy atom. The highest BCUT2D eigenvalue weighted by Crippen LogP contribution is 2.39. The molecule has 0 aromatic heterocycles. The fourth-order valence-electron chi connectivity index (χ4n) is 3.38. The van der Waals surface area contributed by atoms with Crippen molar-refractivity contribution in [2.75, 3.05) is 20.6 Å². The number of hydrogen-bond donors (Lipinski definition) is 1. The molecule has 0 radical (unpaired) electrons. The van der Waals surface area contributed by atoms with Gasteiger partial charge in [0.25, 0.3) is 0 Å². The van der Waals surface area contributed by atoms with Crippen LogP contribution in [0.1, 0.15) is 60.3 Å². The van der Waals surface area contributed by atoms with E-state index >= 15 is 0 Å². The zero-order valence-electron chi connectivity index (χ0n) is 14.3. The van der Waals surface area contributed by atoms with E-state index in [9.17, 15) is 0 Å². The van der Waals surface area contributed by atoms with Crippen LogP contribution in [0.5, 0.6) is 0 Å². The molecule has 1 rings (SSSR count). The lowest BCUT2D eigenvalue weighted by atomic mass is 9.69. The first-order chi connectivity index (χ1) is 8.75. The zero-order valence-corrected chi connectivity index (χ0v) is 14.3.